The third-order valence-electron chi connectivity index (χ3n) is 4.06. The Kier molecular flexibility index (Phi) is 3.81. The van der Waals surface area contributed by atoms with E-state index in [-0.39, 0.29) is 0 Å². The molecule has 98 valence electrons. The van der Waals surface area contributed by atoms with E-state index >= 15 is 0 Å². The molecule has 2 aliphatic rings. The van der Waals surface area contributed by atoms with E-state index in [1.807, 2.05) is 0 Å². The molecule has 2 aliphatic heterocycles. The molecule has 3 rings (SSSR count). The van der Waals surface area contributed by atoms with Gasteiger partial charge < -0.3 is 15.0 Å². The molecule has 0 amide bonds. The van der Waals surface area contributed by atoms with E-state index in [1.54, 1.807) is 0 Å². The molecule has 0 radical (unpaired) electrons. The fourth-order valence-corrected chi connectivity index (χ4v) is 2.95. The SMILES string of the molecule is c1cc(C2CCNCC2)cc(N2CCOCC2)c1. The first-order chi connectivity index (χ1) is 8.93. The van der Waals surface area contributed by atoms with E-state index in [9.17, 15) is 0 Å². The molecule has 3 heteroatoms. The second kappa shape index (κ2) is 5.72. The van der Waals surface area contributed by atoms with Crippen LogP contribution in [0.1, 0.15) is 24.3 Å². The lowest BCUT2D eigenvalue weighted by Crippen LogP contribution is -2.36. The quantitative estimate of drug-likeness (QED) is 0.863. The second-order valence-corrected chi connectivity index (χ2v) is 5.22. The number of rotatable bonds is 2. The van der Waals surface area contributed by atoms with Crippen LogP contribution in [-0.4, -0.2) is 39.4 Å². The summed E-state index contributed by atoms with van der Waals surface area (Å²) in [5.74, 6) is 0.743. The molecule has 0 unspecified atom stereocenters. The number of hydrogen-bond donors (Lipinski definition) is 1. The molecule has 0 atom stereocenters. The summed E-state index contributed by atoms with van der Waals surface area (Å²) >= 11 is 0. The number of nitrogens with one attached hydrogen (secondary N) is 1. The van der Waals surface area contributed by atoms with Crippen LogP contribution < -0.4 is 10.2 Å². The minimum atomic E-state index is 0.743. The summed E-state index contributed by atoms with van der Waals surface area (Å²) in [4.78, 5) is 2.44. The Morgan fingerprint density at radius 3 is 2.67 bits per heavy atom. The van der Waals surface area contributed by atoms with Gasteiger partial charge in [-0.15, -0.1) is 0 Å². The Hall–Kier alpha value is -1.06. The molecule has 18 heavy (non-hydrogen) atoms. The Labute approximate surface area is 109 Å². The van der Waals surface area contributed by atoms with Crippen LogP contribution in [0.25, 0.3) is 0 Å². The highest BCUT2D eigenvalue weighted by atomic mass is 16.5. The molecule has 2 fully saturated rings. The average Bonchev–Trinajstić information content (AvgIpc) is 2.49. The van der Waals surface area contributed by atoms with Gasteiger partial charge in [0.15, 0.2) is 0 Å². The minimum absolute atomic E-state index is 0.743. The standard InChI is InChI=1S/C15H22N2O/c1-2-14(13-4-6-16-7-5-13)12-15(3-1)17-8-10-18-11-9-17/h1-3,12-13,16H,4-11H2. The van der Waals surface area contributed by atoms with Gasteiger partial charge in [0.2, 0.25) is 0 Å². The van der Waals surface area contributed by atoms with Crippen LogP contribution in [0.2, 0.25) is 0 Å². The normalized spacial score (nSPS) is 22.1. The summed E-state index contributed by atoms with van der Waals surface area (Å²) in [5.41, 5.74) is 2.88. The zero-order valence-electron chi connectivity index (χ0n) is 10.9. The van der Waals surface area contributed by atoms with Gasteiger partial charge in [0, 0.05) is 18.8 Å². The Morgan fingerprint density at radius 2 is 1.89 bits per heavy atom. The monoisotopic (exact) mass is 246 g/mol. The molecular formula is C15H22N2O. The summed E-state index contributed by atoms with van der Waals surface area (Å²) in [5, 5.41) is 3.44. The van der Waals surface area contributed by atoms with Crippen molar-refractivity contribution in [2.45, 2.75) is 18.8 Å². The largest absolute Gasteiger partial charge is 0.378 e. The van der Waals surface area contributed by atoms with Gasteiger partial charge in [0.25, 0.3) is 0 Å². The minimum Gasteiger partial charge on any atom is -0.378 e. The molecule has 0 aliphatic carbocycles. The highest BCUT2D eigenvalue weighted by Crippen LogP contribution is 2.28. The van der Waals surface area contributed by atoms with Crippen molar-refractivity contribution in [3.63, 3.8) is 0 Å². The van der Waals surface area contributed by atoms with Crippen LogP contribution >= 0.6 is 0 Å². The lowest BCUT2D eigenvalue weighted by atomic mass is 9.90. The summed E-state index contributed by atoms with van der Waals surface area (Å²) in [6.45, 7) is 6.08. The average molecular weight is 246 g/mol. The van der Waals surface area contributed by atoms with Crippen molar-refractivity contribution in [3.05, 3.63) is 29.8 Å². The second-order valence-electron chi connectivity index (χ2n) is 5.22. The number of morpholine rings is 1. The van der Waals surface area contributed by atoms with Crippen LogP contribution in [0.5, 0.6) is 0 Å². The predicted molar refractivity (Wildman–Crippen MR) is 74.3 cm³/mol. The van der Waals surface area contributed by atoms with E-state index in [2.05, 4.69) is 34.5 Å². The van der Waals surface area contributed by atoms with Crippen molar-refractivity contribution in [1.82, 2.24) is 5.32 Å². The molecule has 1 N–H and O–H groups in total. The molecule has 1 aromatic carbocycles. The van der Waals surface area contributed by atoms with E-state index in [0.717, 1.165) is 45.3 Å². The third kappa shape index (κ3) is 2.68. The Morgan fingerprint density at radius 1 is 1.11 bits per heavy atom. The number of piperidine rings is 1. The first-order valence-electron chi connectivity index (χ1n) is 7.07. The number of benzene rings is 1. The van der Waals surface area contributed by atoms with E-state index < -0.39 is 0 Å². The van der Waals surface area contributed by atoms with Crippen LogP contribution in [0, 0.1) is 0 Å². The van der Waals surface area contributed by atoms with E-state index in [0.29, 0.717) is 0 Å². The zero-order valence-corrected chi connectivity index (χ0v) is 10.9. The summed E-state index contributed by atoms with van der Waals surface area (Å²) in [6, 6.07) is 9.12. The van der Waals surface area contributed by atoms with E-state index in [1.165, 1.54) is 24.1 Å². The zero-order chi connectivity index (χ0) is 12.2. The lowest BCUT2D eigenvalue weighted by molar-refractivity contribution is 0.122. The number of anilines is 1. The fraction of sp³-hybridized carbons (Fsp3) is 0.600. The van der Waals surface area contributed by atoms with Gasteiger partial charge in [0.1, 0.15) is 0 Å². The van der Waals surface area contributed by atoms with Crippen LogP contribution in [-0.2, 0) is 4.74 Å². The highest BCUT2D eigenvalue weighted by Gasteiger charge is 2.17. The molecule has 3 nitrogen and oxygen atoms in total. The van der Waals surface area contributed by atoms with Gasteiger partial charge in [-0.1, -0.05) is 12.1 Å². The molecule has 0 bridgehead atoms. The molecule has 0 spiro atoms. The first kappa shape index (κ1) is 12.0. The summed E-state index contributed by atoms with van der Waals surface area (Å²) in [7, 11) is 0. The fourth-order valence-electron chi connectivity index (χ4n) is 2.95. The van der Waals surface area contributed by atoms with Crippen LogP contribution in [0.4, 0.5) is 5.69 Å². The molecule has 0 saturated carbocycles. The van der Waals surface area contributed by atoms with Crippen LogP contribution in [0.3, 0.4) is 0 Å². The Bertz CT molecular complexity index is 349. The van der Waals surface area contributed by atoms with Gasteiger partial charge in [-0.25, -0.2) is 0 Å². The van der Waals surface area contributed by atoms with Gasteiger partial charge in [-0.05, 0) is 49.5 Å². The van der Waals surface area contributed by atoms with Crippen molar-refractivity contribution in [1.29, 1.82) is 0 Å². The smallest absolute Gasteiger partial charge is 0.0642 e. The topological polar surface area (TPSA) is 24.5 Å². The number of hydrogen-bond acceptors (Lipinski definition) is 3. The van der Waals surface area contributed by atoms with Crippen molar-refractivity contribution < 1.29 is 4.74 Å². The van der Waals surface area contributed by atoms with Crippen molar-refractivity contribution in [2.24, 2.45) is 0 Å². The maximum Gasteiger partial charge on any atom is 0.0642 e. The van der Waals surface area contributed by atoms with Crippen molar-refractivity contribution in [3.8, 4) is 0 Å². The van der Waals surface area contributed by atoms with Gasteiger partial charge in [0.05, 0.1) is 13.2 Å². The highest BCUT2D eigenvalue weighted by molar-refractivity contribution is 5.49. The molecular weight excluding hydrogens is 224 g/mol. The van der Waals surface area contributed by atoms with Crippen molar-refractivity contribution in [2.75, 3.05) is 44.3 Å². The summed E-state index contributed by atoms with van der Waals surface area (Å²) < 4.78 is 5.42. The third-order valence-corrected chi connectivity index (χ3v) is 4.06. The predicted octanol–water partition coefficient (Wildman–Crippen LogP) is 1.99. The van der Waals surface area contributed by atoms with Gasteiger partial charge >= 0.3 is 0 Å². The number of nitrogens with zero attached hydrogens (tertiary/aromatic N) is 1. The first-order valence-corrected chi connectivity index (χ1v) is 7.07. The number of ether oxygens (including phenoxy) is 1. The Balaban J connectivity index is 1.75. The van der Waals surface area contributed by atoms with E-state index in [4.69, 9.17) is 4.74 Å². The van der Waals surface area contributed by atoms with Gasteiger partial charge in [-0.2, -0.15) is 0 Å². The van der Waals surface area contributed by atoms with Crippen molar-refractivity contribution >= 4 is 5.69 Å². The molecule has 2 saturated heterocycles. The molecule has 2 heterocycles. The summed E-state index contributed by atoms with van der Waals surface area (Å²) in [6.07, 6.45) is 2.54. The van der Waals surface area contributed by atoms with Gasteiger partial charge in [-0.3, -0.25) is 0 Å². The molecule has 1 aromatic rings. The maximum atomic E-state index is 5.42. The van der Waals surface area contributed by atoms with Crippen LogP contribution in [0.15, 0.2) is 24.3 Å². The lowest BCUT2D eigenvalue weighted by Gasteiger charge is -2.30. The molecule has 0 aromatic heterocycles. The maximum absolute atomic E-state index is 5.42.